The minimum Gasteiger partial charge on any atom is -0.451 e. The van der Waals surface area contributed by atoms with E-state index >= 15 is 0 Å². The molecular formula is C12H18O4. The second kappa shape index (κ2) is 4.18. The Morgan fingerprint density at radius 3 is 2.56 bits per heavy atom. The second-order valence-electron chi connectivity index (χ2n) is 4.86. The molecule has 0 aromatic carbocycles. The van der Waals surface area contributed by atoms with Crippen molar-refractivity contribution < 1.29 is 19.4 Å². The molecule has 1 spiro atoms. The number of aliphatic hydroxyl groups excluding tert-OH is 1. The molecule has 90 valence electrons. The average molecular weight is 226 g/mol. The third kappa shape index (κ3) is 1.99. The summed E-state index contributed by atoms with van der Waals surface area (Å²) in [4.78, 5) is 11.7. The van der Waals surface area contributed by atoms with Gasteiger partial charge in [0, 0.05) is 12.8 Å². The zero-order valence-corrected chi connectivity index (χ0v) is 9.73. The van der Waals surface area contributed by atoms with Crippen molar-refractivity contribution in [2.45, 2.75) is 38.4 Å². The molecule has 1 N–H and O–H groups in total. The fourth-order valence-corrected chi connectivity index (χ4v) is 2.14. The Balaban J connectivity index is 2.19. The Bertz CT molecular complexity index is 313. The van der Waals surface area contributed by atoms with Gasteiger partial charge in [0.2, 0.25) is 0 Å². The Kier molecular flexibility index (Phi) is 3.04. The van der Waals surface area contributed by atoms with Crippen LogP contribution in [0.2, 0.25) is 0 Å². The first kappa shape index (κ1) is 11.6. The van der Waals surface area contributed by atoms with Gasteiger partial charge in [0.05, 0.1) is 24.9 Å². The molecule has 0 amide bonds. The van der Waals surface area contributed by atoms with Crippen LogP contribution >= 0.6 is 0 Å². The standard InChI is InChI=1S/C12H18O4/c1-8(2)10(13)9-7-12(16-11(9)14)3-5-15-6-4-12/h7-8,10,13H,3-6H2,1-2H3. The summed E-state index contributed by atoms with van der Waals surface area (Å²) >= 11 is 0. The van der Waals surface area contributed by atoms with Crippen LogP contribution in [-0.2, 0) is 14.3 Å². The van der Waals surface area contributed by atoms with E-state index in [2.05, 4.69) is 0 Å². The quantitative estimate of drug-likeness (QED) is 0.715. The first-order valence-corrected chi connectivity index (χ1v) is 5.76. The molecule has 2 aliphatic heterocycles. The van der Waals surface area contributed by atoms with E-state index in [0.29, 0.717) is 31.6 Å². The number of ether oxygens (including phenoxy) is 2. The molecule has 2 rings (SSSR count). The first-order chi connectivity index (χ1) is 7.54. The Hall–Kier alpha value is -0.870. The van der Waals surface area contributed by atoms with E-state index in [4.69, 9.17) is 9.47 Å². The van der Waals surface area contributed by atoms with Gasteiger partial charge in [-0.25, -0.2) is 4.79 Å². The van der Waals surface area contributed by atoms with Crippen molar-refractivity contribution in [2.75, 3.05) is 13.2 Å². The summed E-state index contributed by atoms with van der Waals surface area (Å²) < 4.78 is 10.7. The minimum absolute atomic E-state index is 0.0220. The van der Waals surface area contributed by atoms with Crippen molar-refractivity contribution in [3.05, 3.63) is 11.6 Å². The lowest BCUT2D eigenvalue weighted by Crippen LogP contribution is -2.35. The molecule has 0 saturated carbocycles. The van der Waals surface area contributed by atoms with E-state index < -0.39 is 11.7 Å². The highest BCUT2D eigenvalue weighted by Gasteiger charge is 2.43. The van der Waals surface area contributed by atoms with Crippen molar-refractivity contribution in [3.63, 3.8) is 0 Å². The normalized spacial score (nSPS) is 25.8. The molecule has 0 bridgehead atoms. The first-order valence-electron chi connectivity index (χ1n) is 5.76. The van der Waals surface area contributed by atoms with Crippen molar-refractivity contribution >= 4 is 5.97 Å². The number of rotatable bonds is 2. The maximum atomic E-state index is 11.7. The van der Waals surface area contributed by atoms with Gasteiger partial charge in [0.1, 0.15) is 5.60 Å². The van der Waals surface area contributed by atoms with Crippen LogP contribution in [0.4, 0.5) is 0 Å². The Labute approximate surface area is 95.2 Å². The molecule has 0 aromatic heterocycles. The zero-order chi connectivity index (χ0) is 11.8. The van der Waals surface area contributed by atoms with Crippen LogP contribution in [0.1, 0.15) is 26.7 Å². The Morgan fingerprint density at radius 2 is 2.00 bits per heavy atom. The summed E-state index contributed by atoms with van der Waals surface area (Å²) in [5, 5.41) is 9.91. The number of esters is 1. The molecule has 4 heteroatoms. The molecule has 16 heavy (non-hydrogen) atoms. The van der Waals surface area contributed by atoms with Crippen molar-refractivity contribution in [3.8, 4) is 0 Å². The van der Waals surface area contributed by atoms with Crippen LogP contribution in [-0.4, -0.2) is 36.0 Å². The smallest absolute Gasteiger partial charge is 0.337 e. The van der Waals surface area contributed by atoms with Crippen LogP contribution in [0, 0.1) is 5.92 Å². The van der Waals surface area contributed by atoms with Gasteiger partial charge < -0.3 is 14.6 Å². The summed E-state index contributed by atoms with van der Waals surface area (Å²) in [5.41, 5.74) is -0.0996. The second-order valence-corrected chi connectivity index (χ2v) is 4.86. The predicted octanol–water partition coefficient (Wildman–Crippen LogP) is 1.04. The number of carbonyl (C=O) groups excluding carboxylic acids is 1. The fraction of sp³-hybridized carbons (Fsp3) is 0.750. The number of hydrogen-bond acceptors (Lipinski definition) is 4. The van der Waals surface area contributed by atoms with E-state index in [1.54, 1.807) is 0 Å². The number of hydrogen-bond donors (Lipinski definition) is 1. The predicted molar refractivity (Wildman–Crippen MR) is 57.8 cm³/mol. The Morgan fingerprint density at radius 1 is 1.38 bits per heavy atom. The summed E-state index contributed by atoms with van der Waals surface area (Å²) in [5.74, 6) is -0.350. The van der Waals surface area contributed by atoms with Crippen LogP contribution < -0.4 is 0 Å². The van der Waals surface area contributed by atoms with E-state index in [1.165, 1.54) is 0 Å². The summed E-state index contributed by atoms with van der Waals surface area (Å²) in [6, 6.07) is 0. The van der Waals surface area contributed by atoms with E-state index in [0.717, 1.165) is 0 Å². The van der Waals surface area contributed by atoms with Crippen LogP contribution in [0.3, 0.4) is 0 Å². The summed E-state index contributed by atoms with van der Waals surface area (Å²) in [7, 11) is 0. The minimum atomic E-state index is -0.727. The summed E-state index contributed by atoms with van der Waals surface area (Å²) in [6.07, 6.45) is 2.46. The summed E-state index contributed by atoms with van der Waals surface area (Å²) in [6.45, 7) is 4.98. The average Bonchev–Trinajstić information content (AvgIpc) is 2.55. The molecule has 1 saturated heterocycles. The molecule has 0 radical (unpaired) electrons. The monoisotopic (exact) mass is 226 g/mol. The van der Waals surface area contributed by atoms with Gasteiger partial charge in [0.15, 0.2) is 0 Å². The van der Waals surface area contributed by atoms with Gasteiger partial charge in [0.25, 0.3) is 0 Å². The molecule has 1 fully saturated rings. The fourth-order valence-electron chi connectivity index (χ4n) is 2.14. The number of aliphatic hydroxyl groups is 1. The van der Waals surface area contributed by atoms with Crippen LogP contribution in [0.15, 0.2) is 11.6 Å². The molecule has 0 aliphatic carbocycles. The molecule has 2 heterocycles. The van der Waals surface area contributed by atoms with Gasteiger partial charge in [-0.1, -0.05) is 13.8 Å². The van der Waals surface area contributed by atoms with E-state index in [1.807, 2.05) is 19.9 Å². The van der Waals surface area contributed by atoms with Gasteiger partial charge in [-0.05, 0) is 12.0 Å². The van der Waals surface area contributed by atoms with Gasteiger partial charge in [-0.2, -0.15) is 0 Å². The van der Waals surface area contributed by atoms with Gasteiger partial charge in [-0.15, -0.1) is 0 Å². The van der Waals surface area contributed by atoms with E-state index in [-0.39, 0.29) is 11.9 Å². The lowest BCUT2D eigenvalue weighted by atomic mass is 9.91. The topological polar surface area (TPSA) is 55.8 Å². The maximum Gasteiger partial charge on any atom is 0.337 e. The molecule has 1 unspecified atom stereocenters. The molecule has 2 aliphatic rings. The highest BCUT2D eigenvalue weighted by atomic mass is 16.6. The lowest BCUT2D eigenvalue weighted by Gasteiger charge is -2.30. The molecule has 0 aromatic rings. The van der Waals surface area contributed by atoms with Crippen LogP contribution in [0.5, 0.6) is 0 Å². The molecule has 4 nitrogen and oxygen atoms in total. The van der Waals surface area contributed by atoms with E-state index in [9.17, 15) is 9.90 Å². The van der Waals surface area contributed by atoms with Crippen LogP contribution in [0.25, 0.3) is 0 Å². The molecule has 1 atom stereocenters. The maximum absolute atomic E-state index is 11.7. The van der Waals surface area contributed by atoms with Crippen molar-refractivity contribution in [1.82, 2.24) is 0 Å². The van der Waals surface area contributed by atoms with Crippen molar-refractivity contribution in [2.24, 2.45) is 5.92 Å². The van der Waals surface area contributed by atoms with Gasteiger partial charge in [-0.3, -0.25) is 0 Å². The largest absolute Gasteiger partial charge is 0.451 e. The van der Waals surface area contributed by atoms with Crippen molar-refractivity contribution in [1.29, 1.82) is 0 Å². The zero-order valence-electron chi connectivity index (χ0n) is 9.73. The highest BCUT2D eigenvalue weighted by molar-refractivity contribution is 5.92. The van der Waals surface area contributed by atoms with Gasteiger partial charge >= 0.3 is 5.97 Å². The third-order valence-electron chi connectivity index (χ3n) is 3.24. The number of carbonyl (C=O) groups is 1. The third-order valence-corrected chi connectivity index (χ3v) is 3.24. The highest BCUT2D eigenvalue weighted by Crippen LogP contribution is 2.35. The SMILES string of the molecule is CC(C)C(O)C1=CC2(CCOCC2)OC1=O. The lowest BCUT2D eigenvalue weighted by molar-refractivity contribution is -0.153. The molecular weight excluding hydrogens is 208 g/mol.